The highest BCUT2D eigenvalue weighted by Crippen LogP contribution is 2.17. The molecule has 18 heavy (non-hydrogen) atoms. The van der Waals surface area contributed by atoms with Gasteiger partial charge in [0.15, 0.2) is 0 Å². The molecule has 1 rings (SSSR count). The number of ether oxygens (including phenoxy) is 1. The quantitative estimate of drug-likeness (QED) is 0.654. The molecule has 0 atom stereocenters. The summed E-state index contributed by atoms with van der Waals surface area (Å²) in [6.45, 7) is 1.63. The molecule has 0 spiro atoms. The summed E-state index contributed by atoms with van der Waals surface area (Å²) < 4.78 is 30.1. The van der Waals surface area contributed by atoms with Crippen molar-refractivity contribution < 1.29 is 17.9 Å². The Labute approximate surface area is 110 Å². The van der Waals surface area contributed by atoms with Crippen LogP contribution in [0, 0.1) is 6.92 Å². The number of carbonyl (C=O) groups is 1. The Bertz CT molecular complexity index is 545. The molecule has 0 unspecified atom stereocenters. The summed E-state index contributed by atoms with van der Waals surface area (Å²) in [5, 5.41) is 0.282. The number of hydrogen-bond donors (Lipinski definition) is 1. The first-order chi connectivity index (χ1) is 8.34. The SMILES string of the molecule is COC(=O)CCS(=O)(=O)Nc1ccc(Cl)nc1C. The van der Waals surface area contributed by atoms with Crippen LogP contribution in [0.5, 0.6) is 0 Å². The van der Waals surface area contributed by atoms with Gasteiger partial charge >= 0.3 is 5.97 Å². The van der Waals surface area contributed by atoms with E-state index < -0.39 is 16.0 Å². The average Bonchev–Trinajstić information content (AvgIpc) is 2.30. The molecule has 1 aromatic rings. The Morgan fingerprint density at radius 2 is 2.17 bits per heavy atom. The summed E-state index contributed by atoms with van der Waals surface area (Å²) in [4.78, 5) is 14.8. The highest BCUT2D eigenvalue weighted by Gasteiger charge is 2.15. The molecule has 0 saturated heterocycles. The van der Waals surface area contributed by atoms with E-state index in [1.165, 1.54) is 19.2 Å². The predicted molar refractivity (Wildman–Crippen MR) is 68.0 cm³/mol. The molecule has 1 aromatic heterocycles. The number of pyridine rings is 1. The first-order valence-corrected chi connectivity index (χ1v) is 7.07. The second kappa shape index (κ2) is 6.01. The van der Waals surface area contributed by atoms with Gasteiger partial charge in [0.2, 0.25) is 10.0 Å². The van der Waals surface area contributed by atoms with E-state index in [9.17, 15) is 13.2 Å². The van der Waals surface area contributed by atoms with Gasteiger partial charge in [-0.25, -0.2) is 13.4 Å². The number of rotatable bonds is 5. The monoisotopic (exact) mass is 292 g/mol. The van der Waals surface area contributed by atoms with Crippen LogP contribution in [0.3, 0.4) is 0 Å². The predicted octanol–water partition coefficient (Wildman–Crippen LogP) is 1.35. The largest absolute Gasteiger partial charge is 0.469 e. The van der Waals surface area contributed by atoms with Crippen molar-refractivity contribution in [2.75, 3.05) is 17.6 Å². The van der Waals surface area contributed by atoms with Crippen LogP contribution in [0.4, 0.5) is 5.69 Å². The van der Waals surface area contributed by atoms with Crippen molar-refractivity contribution in [3.8, 4) is 0 Å². The molecule has 0 bridgehead atoms. The van der Waals surface area contributed by atoms with Crippen LogP contribution in [-0.4, -0.2) is 32.2 Å². The highest BCUT2D eigenvalue weighted by molar-refractivity contribution is 7.92. The number of nitrogens with zero attached hydrogens (tertiary/aromatic N) is 1. The third-order valence-electron chi connectivity index (χ3n) is 2.12. The standard InChI is InChI=1S/C10H13ClN2O4S/c1-7-8(3-4-9(11)12-7)13-18(15,16)6-5-10(14)17-2/h3-4,13H,5-6H2,1-2H3. The minimum atomic E-state index is -3.61. The van der Waals surface area contributed by atoms with Gasteiger partial charge in [0.1, 0.15) is 5.15 Å². The van der Waals surface area contributed by atoms with E-state index in [0.29, 0.717) is 11.4 Å². The number of hydrogen-bond acceptors (Lipinski definition) is 5. The molecule has 0 aliphatic rings. The molecule has 100 valence electrons. The number of sulfonamides is 1. The van der Waals surface area contributed by atoms with E-state index in [0.717, 1.165) is 0 Å². The van der Waals surface area contributed by atoms with Gasteiger partial charge in [0.05, 0.1) is 30.7 Å². The smallest absolute Gasteiger partial charge is 0.306 e. The van der Waals surface area contributed by atoms with Gasteiger partial charge in [-0.1, -0.05) is 11.6 Å². The van der Waals surface area contributed by atoms with Crippen molar-refractivity contribution in [3.63, 3.8) is 0 Å². The lowest BCUT2D eigenvalue weighted by Gasteiger charge is -2.09. The van der Waals surface area contributed by atoms with Gasteiger partial charge in [-0.3, -0.25) is 9.52 Å². The lowest BCUT2D eigenvalue weighted by atomic mass is 10.3. The lowest BCUT2D eigenvalue weighted by Crippen LogP contribution is -2.20. The van der Waals surface area contributed by atoms with Gasteiger partial charge in [0, 0.05) is 0 Å². The normalized spacial score (nSPS) is 11.1. The maximum absolute atomic E-state index is 11.7. The fourth-order valence-electron chi connectivity index (χ4n) is 1.18. The van der Waals surface area contributed by atoms with Crippen molar-refractivity contribution in [1.82, 2.24) is 4.98 Å². The van der Waals surface area contributed by atoms with E-state index >= 15 is 0 Å². The van der Waals surface area contributed by atoms with Gasteiger partial charge in [-0.15, -0.1) is 0 Å². The van der Waals surface area contributed by atoms with Gasteiger partial charge in [-0.2, -0.15) is 0 Å². The number of halogens is 1. The van der Waals surface area contributed by atoms with Gasteiger partial charge < -0.3 is 4.74 Å². The molecule has 0 amide bonds. The van der Waals surface area contributed by atoms with Crippen LogP contribution in [0.1, 0.15) is 12.1 Å². The second-order valence-electron chi connectivity index (χ2n) is 3.51. The molecule has 0 fully saturated rings. The molecule has 6 nitrogen and oxygen atoms in total. The van der Waals surface area contributed by atoms with Crippen LogP contribution in [-0.2, 0) is 19.6 Å². The Balaban J connectivity index is 2.73. The molecule has 0 aliphatic heterocycles. The molecule has 0 radical (unpaired) electrons. The Kier molecular flexibility index (Phi) is 4.92. The van der Waals surface area contributed by atoms with Crippen molar-refractivity contribution >= 4 is 33.3 Å². The summed E-state index contributed by atoms with van der Waals surface area (Å²) in [5.41, 5.74) is 0.799. The molecule has 0 aromatic carbocycles. The fraction of sp³-hybridized carbons (Fsp3) is 0.400. The maximum Gasteiger partial charge on any atom is 0.306 e. The summed E-state index contributed by atoms with van der Waals surface area (Å²) >= 11 is 5.66. The number of methoxy groups -OCH3 is 1. The van der Waals surface area contributed by atoms with E-state index in [-0.39, 0.29) is 17.3 Å². The van der Waals surface area contributed by atoms with Crippen molar-refractivity contribution in [1.29, 1.82) is 0 Å². The number of carbonyl (C=O) groups excluding carboxylic acids is 1. The first kappa shape index (κ1) is 14.7. The Morgan fingerprint density at radius 1 is 1.50 bits per heavy atom. The lowest BCUT2D eigenvalue weighted by molar-refractivity contribution is -0.140. The average molecular weight is 293 g/mol. The van der Waals surface area contributed by atoms with Crippen molar-refractivity contribution in [2.45, 2.75) is 13.3 Å². The maximum atomic E-state index is 11.7. The van der Waals surface area contributed by atoms with Crippen molar-refractivity contribution in [2.24, 2.45) is 0 Å². The Morgan fingerprint density at radius 3 is 2.72 bits per heavy atom. The fourth-order valence-corrected chi connectivity index (χ4v) is 2.45. The molecule has 0 saturated carbocycles. The molecule has 0 aliphatic carbocycles. The highest BCUT2D eigenvalue weighted by atomic mass is 35.5. The first-order valence-electron chi connectivity index (χ1n) is 5.04. The van der Waals surface area contributed by atoms with E-state index in [1.54, 1.807) is 6.92 Å². The number of aryl methyl sites for hydroxylation is 1. The third-order valence-corrected chi connectivity index (χ3v) is 3.60. The van der Waals surface area contributed by atoms with E-state index in [4.69, 9.17) is 11.6 Å². The number of nitrogens with one attached hydrogen (secondary N) is 1. The zero-order valence-electron chi connectivity index (χ0n) is 9.94. The zero-order chi connectivity index (χ0) is 13.8. The summed E-state index contributed by atoms with van der Waals surface area (Å²) in [7, 11) is -2.41. The van der Waals surface area contributed by atoms with E-state index in [1.807, 2.05) is 0 Å². The molecule has 8 heteroatoms. The van der Waals surface area contributed by atoms with Crippen molar-refractivity contribution in [3.05, 3.63) is 23.0 Å². The summed E-state index contributed by atoms with van der Waals surface area (Å²) in [6, 6.07) is 2.99. The minimum Gasteiger partial charge on any atom is -0.469 e. The van der Waals surface area contributed by atoms with Gasteiger partial charge in [0.25, 0.3) is 0 Å². The zero-order valence-corrected chi connectivity index (χ0v) is 11.5. The number of esters is 1. The number of aromatic nitrogens is 1. The second-order valence-corrected chi connectivity index (χ2v) is 5.74. The van der Waals surface area contributed by atoms with Gasteiger partial charge in [-0.05, 0) is 19.1 Å². The van der Waals surface area contributed by atoms with Crippen LogP contribution in [0.15, 0.2) is 12.1 Å². The third kappa shape index (κ3) is 4.50. The molecular formula is C10H13ClN2O4S. The molecule has 1 heterocycles. The van der Waals surface area contributed by atoms with E-state index in [2.05, 4.69) is 14.4 Å². The molecular weight excluding hydrogens is 280 g/mol. The van der Waals surface area contributed by atoms with Crippen LogP contribution < -0.4 is 4.72 Å². The number of anilines is 1. The minimum absolute atomic E-state index is 0.202. The topological polar surface area (TPSA) is 85.4 Å². The summed E-state index contributed by atoms with van der Waals surface area (Å²) in [5.74, 6) is -0.923. The molecule has 1 N–H and O–H groups in total. The van der Waals surface area contributed by atoms with Crippen LogP contribution in [0.25, 0.3) is 0 Å². The Hall–Kier alpha value is -1.34. The van der Waals surface area contributed by atoms with Crippen LogP contribution >= 0.6 is 11.6 Å². The summed E-state index contributed by atoms with van der Waals surface area (Å²) in [6.07, 6.45) is -0.202. The van der Waals surface area contributed by atoms with Crippen LogP contribution in [0.2, 0.25) is 5.15 Å².